The van der Waals surface area contributed by atoms with Gasteiger partial charge in [-0.25, -0.2) is 4.98 Å². The molecule has 126 valence electrons. The average Bonchev–Trinajstić information content (AvgIpc) is 2.94. The number of hydrogen-bond donors (Lipinski definition) is 1. The van der Waals surface area contributed by atoms with E-state index in [4.69, 9.17) is 11.6 Å². The van der Waals surface area contributed by atoms with E-state index in [0.29, 0.717) is 28.6 Å². The van der Waals surface area contributed by atoms with Crippen molar-refractivity contribution in [2.24, 2.45) is 0 Å². The topological polar surface area (TPSA) is 78.0 Å². The highest BCUT2D eigenvalue weighted by molar-refractivity contribution is 7.80. The molecule has 0 aliphatic heterocycles. The molecule has 0 aliphatic carbocycles. The number of halogens is 1. The molecule has 25 heavy (non-hydrogen) atoms. The predicted octanol–water partition coefficient (Wildman–Crippen LogP) is 2.39. The van der Waals surface area contributed by atoms with Gasteiger partial charge in [0, 0.05) is 17.3 Å². The SMILES string of the molecule is Cc1nn2c(nnc3c(=O)n(CCS)cnc32)c1-c1ccc(Cl)cc1. The summed E-state index contributed by atoms with van der Waals surface area (Å²) in [4.78, 5) is 16.8. The van der Waals surface area contributed by atoms with Gasteiger partial charge in [0.2, 0.25) is 0 Å². The maximum atomic E-state index is 12.5. The summed E-state index contributed by atoms with van der Waals surface area (Å²) in [6, 6.07) is 7.41. The van der Waals surface area contributed by atoms with Crippen LogP contribution in [-0.2, 0) is 6.54 Å². The van der Waals surface area contributed by atoms with Crippen LogP contribution in [0, 0.1) is 6.92 Å². The van der Waals surface area contributed by atoms with Crippen LogP contribution in [0.15, 0.2) is 35.4 Å². The molecule has 4 aromatic rings. The highest BCUT2D eigenvalue weighted by Gasteiger charge is 2.18. The predicted molar refractivity (Wildman–Crippen MR) is 99.4 cm³/mol. The Kier molecular flexibility index (Phi) is 3.93. The summed E-state index contributed by atoms with van der Waals surface area (Å²) in [5, 5.41) is 13.5. The minimum absolute atomic E-state index is 0.182. The first kappa shape index (κ1) is 16.0. The number of thiol groups is 1. The third kappa shape index (κ3) is 2.58. The lowest BCUT2D eigenvalue weighted by molar-refractivity contribution is 0.717. The molecule has 3 heterocycles. The van der Waals surface area contributed by atoms with Crippen LogP contribution in [0.5, 0.6) is 0 Å². The maximum absolute atomic E-state index is 12.5. The second kappa shape index (κ2) is 6.12. The smallest absolute Gasteiger partial charge is 0.283 e. The Labute approximate surface area is 152 Å². The molecule has 0 saturated heterocycles. The normalized spacial score (nSPS) is 11.5. The molecule has 0 amide bonds. The van der Waals surface area contributed by atoms with Gasteiger partial charge in [0.1, 0.15) is 6.33 Å². The Balaban J connectivity index is 2.01. The highest BCUT2D eigenvalue weighted by atomic mass is 35.5. The van der Waals surface area contributed by atoms with Crippen molar-refractivity contribution >= 4 is 41.0 Å². The van der Waals surface area contributed by atoms with Crippen molar-refractivity contribution in [3.8, 4) is 11.1 Å². The molecule has 4 rings (SSSR count). The summed E-state index contributed by atoms with van der Waals surface area (Å²) in [6.45, 7) is 2.34. The Bertz CT molecular complexity index is 1150. The largest absolute Gasteiger partial charge is 0.296 e. The third-order valence-electron chi connectivity index (χ3n) is 3.95. The van der Waals surface area contributed by atoms with Gasteiger partial charge in [0.05, 0.1) is 11.3 Å². The van der Waals surface area contributed by atoms with Crippen molar-refractivity contribution in [3.05, 3.63) is 51.7 Å². The van der Waals surface area contributed by atoms with E-state index < -0.39 is 0 Å². The van der Waals surface area contributed by atoms with Gasteiger partial charge in [-0.05, 0) is 24.6 Å². The Morgan fingerprint density at radius 2 is 1.92 bits per heavy atom. The number of fused-ring (bicyclic) bond motifs is 3. The second-order valence-electron chi connectivity index (χ2n) is 5.54. The molecule has 0 atom stereocenters. The lowest BCUT2D eigenvalue weighted by atomic mass is 10.1. The minimum Gasteiger partial charge on any atom is -0.296 e. The molecule has 3 aromatic heterocycles. The molecular weight excluding hydrogens is 360 g/mol. The van der Waals surface area contributed by atoms with Crippen LogP contribution >= 0.6 is 24.2 Å². The monoisotopic (exact) mass is 372 g/mol. The van der Waals surface area contributed by atoms with E-state index >= 15 is 0 Å². The zero-order valence-electron chi connectivity index (χ0n) is 13.2. The van der Waals surface area contributed by atoms with Crippen LogP contribution in [-0.4, -0.2) is 35.1 Å². The van der Waals surface area contributed by atoms with Gasteiger partial charge in [-0.2, -0.15) is 22.2 Å². The van der Waals surface area contributed by atoms with Crippen molar-refractivity contribution in [2.45, 2.75) is 13.5 Å². The van der Waals surface area contributed by atoms with Gasteiger partial charge in [0.25, 0.3) is 5.56 Å². The van der Waals surface area contributed by atoms with E-state index in [2.05, 4.69) is 32.9 Å². The van der Waals surface area contributed by atoms with Crippen LogP contribution in [0.4, 0.5) is 0 Å². The first-order valence-corrected chi connectivity index (χ1v) is 8.59. The van der Waals surface area contributed by atoms with Gasteiger partial charge in [-0.15, -0.1) is 10.2 Å². The van der Waals surface area contributed by atoms with Crippen LogP contribution in [0.1, 0.15) is 5.69 Å². The summed E-state index contributed by atoms with van der Waals surface area (Å²) in [7, 11) is 0. The molecule has 9 heteroatoms. The van der Waals surface area contributed by atoms with Crippen LogP contribution < -0.4 is 5.56 Å². The van der Waals surface area contributed by atoms with E-state index in [-0.39, 0.29) is 11.1 Å². The molecule has 0 saturated carbocycles. The average molecular weight is 373 g/mol. The van der Waals surface area contributed by atoms with Crippen molar-refractivity contribution < 1.29 is 0 Å². The van der Waals surface area contributed by atoms with Gasteiger partial charge in [-0.1, -0.05) is 23.7 Å². The number of rotatable bonds is 3. The van der Waals surface area contributed by atoms with Crippen LogP contribution in [0.3, 0.4) is 0 Å². The number of hydrogen-bond acceptors (Lipinski definition) is 6. The van der Waals surface area contributed by atoms with Crippen molar-refractivity contribution in [2.75, 3.05) is 5.75 Å². The van der Waals surface area contributed by atoms with Crippen molar-refractivity contribution in [1.29, 1.82) is 0 Å². The van der Waals surface area contributed by atoms with Crippen molar-refractivity contribution in [1.82, 2.24) is 29.4 Å². The fourth-order valence-electron chi connectivity index (χ4n) is 2.79. The first-order valence-electron chi connectivity index (χ1n) is 7.58. The van der Waals surface area contributed by atoms with Gasteiger partial charge in [0.15, 0.2) is 16.8 Å². The lowest BCUT2D eigenvalue weighted by Gasteiger charge is -2.04. The Morgan fingerprint density at radius 3 is 2.64 bits per heavy atom. The summed E-state index contributed by atoms with van der Waals surface area (Å²) >= 11 is 10.1. The molecule has 0 bridgehead atoms. The highest BCUT2D eigenvalue weighted by Crippen LogP contribution is 2.28. The fourth-order valence-corrected chi connectivity index (χ4v) is 3.13. The first-order chi connectivity index (χ1) is 12.1. The zero-order chi connectivity index (χ0) is 17.6. The fraction of sp³-hybridized carbons (Fsp3) is 0.188. The molecule has 0 aliphatic rings. The number of nitrogens with zero attached hydrogens (tertiary/aromatic N) is 6. The molecule has 0 spiro atoms. The summed E-state index contributed by atoms with van der Waals surface area (Å²) in [6.07, 6.45) is 1.49. The molecule has 7 nitrogen and oxygen atoms in total. The maximum Gasteiger partial charge on any atom is 0.283 e. The lowest BCUT2D eigenvalue weighted by Crippen LogP contribution is -2.23. The Hall–Kier alpha value is -2.45. The van der Waals surface area contributed by atoms with Crippen molar-refractivity contribution in [3.63, 3.8) is 0 Å². The molecular formula is C16H13ClN6OS. The van der Waals surface area contributed by atoms with E-state index in [1.807, 2.05) is 31.2 Å². The summed E-state index contributed by atoms with van der Waals surface area (Å²) in [5.74, 6) is 0.532. The van der Waals surface area contributed by atoms with Gasteiger partial charge in [-0.3, -0.25) is 9.36 Å². The Morgan fingerprint density at radius 1 is 1.16 bits per heavy atom. The quantitative estimate of drug-likeness (QED) is 0.559. The van der Waals surface area contributed by atoms with Crippen LogP contribution in [0.25, 0.3) is 27.9 Å². The third-order valence-corrected chi connectivity index (χ3v) is 4.40. The van der Waals surface area contributed by atoms with E-state index in [1.54, 1.807) is 4.52 Å². The summed E-state index contributed by atoms with van der Waals surface area (Å²) < 4.78 is 3.03. The van der Waals surface area contributed by atoms with Gasteiger partial charge < -0.3 is 0 Å². The van der Waals surface area contributed by atoms with E-state index in [9.17, 15) is 4.79 Å². The summed E-state index contributed by atoms with van der Waals surface area (Å²) in [5.41, 5.74) is 3.39. The number of benzene rings is 1. The second-order valence-corrected chi connectivity index (χ2v) is 6.43. The molecule has 0 radical (unpaired) electrons. The zero-order valence-corrected chi connectivity index (χ0v) is 14.9. The van der Waals surface area contributed by atoms with Crippen LogP contribution in [0.2, 0.25) is 5.02 Å². The molecule has 0 unspecified atom stereocenters. The molecule has 0 N–H and O–H groups in total. The number of aryl methyl sites for hydroxylation is 2. The standard InChI is InChI=1S/C16H13ClN6OS/c1-9-12(10-2-4-11(17)5-3-10)14-20-19-13-15(23(14)21-9)18-8-22(6-7-25)16(13)24/h2-5,8,25H,6-7H2,1H3. The number of aromatic nitrogens is 6. The van der Waals surface area contributed by atoms with E-state index in [0.717, 1.165) is 16.8 Å². The van der Waals surface area contributed by atoms with Gasteiger partial charge >= 0.3 is 0 Å². The van der Waals surface area contributed by atoms with E-state index in [1.165, 1.54) is 10.9 Å². The minimum atomic E-state index is -0.255. The molecule has 1 aromatic carbocycles. The molecule has 0 fully saturated rings.